The zero-order valence-corrected chi connectivity index (χ0v) is 12.7. The number of hydrogen-bond donors (Lipinski definition) is 2. The lowest BCUT2D eigenvalue weighted by Gasteiger charge is -2.38. The summed E-state index contributed by atoms with van der Waals surface area (Å²) in [6, 6.07) is 3.57. The van der Waals surface area contributed by atoms with Crippen LogP contribution in [-0.4, -0.2) is 25.0 Å². The van der Waals surface area contributed by atoms with Crippen LogP contribution in [0, 0.1) is 20.8 Å². The molecule has 1 saturated carbocycles. The Bertz CT molecular complexity index is 637. The van der Waals surface area contributed by atoms with Gasteiger partial charge in [0.15, 0.2) is 0 Å². The second kappa shape index (κ2) is 4.86. The zero-order chi connectivity index (χ0) is 15.1. The minimum absolute atomic E-state index is 0.190. The number of carboxylic acids is 1. The molecule has 0 unspecified atom stereocenters. The van der Waals surface area contributed by atoms with Crippen molar-refractivity contribution in [3.8, 4) is 0 Å². The van der Waals surface area contributed by atoms with Gasteiger partial charge >= 0.3 is 5.97 Å². The molecule has 1 aromatic carbocycles. The van der Waals surface area contributed by atoms with Gasteiger partial charge in [0.2, 0.25) is 10.0 Å². The summed E-state index contributed by atoms with van der Waals surface area (Å²) in [5.41, 5.74) is 0.919. The first-order valence-corrected chi connectivity index (χ1v) is 8.01. The Morgan fingerprint density at radius 3 is 2.05 bits per heavy atom. The van der Waals surface area contributed by atoms with Gasteiger partial charge in [0, 0.05) is 0 Å². The van der Waals surface area contributed by atoms with Crippen molar-refractivity contribution in [1.82, 2.24) is 4.72 Å². The van der Waals surface area contributed by atoms with Crippen molar-refractivity contribution in [3.05, 3.63) is 28.8 Å². The maximum absolute atomic E-state index is 12.5. The van der Waals surface area contributed by atoms with E-state index in [1.54, 1.807) is 26.0 Å². The van der Waals surface area contributed by atoms with Crippen molar-refractivity contribution >= 4 is 16.0 Å². The van der Waals surface area contributed by atoms with Crippen LogP contribution in [0.5, 0.6) is 0 Å². The van der Waals surface area contributed by atoms with Crippen LogP contribution in [0.25, 0.3) is 0 Å². The average Bonchev–Trinajstić information content (AvgIpc) is 2.20. The quantitative estimate of drug-likeness (QED) is 0.889. The summed E-state index contributed by atoms with van der Waals surface area (Å²) in [6.45, 7) is 5.35. The first-order valence-electron chi connectivity index (χ1n) is 6.53. The van der Waals surface area contributed by atoms with E-state index in [0.717, 1.165) is 12.0 Å². The van der Waals surface area contributed by atoms with Gasteiger partial charge in [0.1, 0.15) is 5.54 Å². The van der Waals surface area contributed by atoms with Crippen molar-refractivity contribution in [2.75, 3.05) is 0 Å². The van der Waals surface area contributed by atoms with Crippen LogP contribution in [0.3, 0.4) is 0 Å². The van der Waals surface area contributed by atoms with Crippen LogP contribution in [0.15, 0.2) is 17.0 Å². The number of rotatable bonds is 4. The highest BCUT2D eigenvalue weighted by atomic mass is 32.2. The topological polar surface area (TPSA) is 83.5 Å². The van der Waals surface area contributed by atoms with Gasteiger partial charge in [0.25, 0.3) is 0 Å². The van der Waals surface area contributed by atoms with Crippen LogP contribution in [-0.2, 0) is 14.8 Å². The number of benzene rings is 1. The fourth-order valence-electron chi connectivity index (χ4n) is 2.79. The fraction of sp³-hybridized carbons (Fsp3) is 0.500. The molecule has 110 valence electrons. The Kier molecular flexibility index (Phi) is 3.64. The highest BCUT2D eigenvalue weighted by Crippen LogP contribution is 2.34. The number of carbonyl (C=O) groups is 1. The van der Waals surface area contributed by atoms with E-state index in [1.165, 1.54) is 0 Å². The molecule has 0 heterocycles. The molecule has 1 aromatic rings. The molecule has 0 bridgehead atoms. The first kappa shape index (κ1) is 15.0. The largest absolute Gasteiger partial charge is 0.480 e. The number of aliphatic carboxylic acids is 1. The molecule has 5 nitrogen and oxygen atoms in total. The van der Waals surface area contributed by atoms with Gasteiger partial charge in [-0.25, -0.2) is 8.42 Å². The second-order valence-electron chi connectivity index (χ2n) is 5.57. The molecule has 0 aromatic heterocycles. The van der Waals surface area contributed by atoms with E-state index in [0.29, 0.717) is 24.0 Å². The summed E-state index contributed by atoms with van der Waals surface area (Å²) in [5, 5.41) is 9.25. The van der Waals surface area contributed by atoms with E-state index in [1.807, 2.05) is 6.92 Å². The van der Waals surface area contributed by atoms with E-state index in [4.69, 9.17) is 0 Å². The SMILES string of the molecule is Cc1cc(C)c(S(=O)(=O)NC2(C(=O)O)CCC2)c(C)c1. The molecule has 2 rings (SSSR count). The second-order valence-corrected chi connectivity index (χ2v) is 7.19. The van der Waals surface area contributed by atoms with E-state index in [-0.39, 0.29) is 4.90 Å². The average molecular weight is 297 g/mol. The van der Waals surface area contributed by atoms with Crippen molar-refractivity contribution in [2.45, 2.75) is 50.5 Å². The van der Waals surface area contributed by atoms with Crippen LogP contribution < -0.4 is 4.72 Å². The molecule has 1 aliphatic carbocycles. The predicted molar refractivity (Wildman–Crippen MR) is 75.2 cm³/mol. The molecule has 20 heavy (non-hydrogen) atoms. The number of carboxylic acid groups (broad SMARTS) is 1. The van der Waals surface area contributed by atoms with Gasteiger partial charge in [-0.2, -0.15) is 4.72 Å². The normalized spacial score (nSPS) is 17.6. The lowest BCUT2D eigenvalue weighted by Crippen LogP contribution is -2.59. The number of hydrogen-bond acceptors (Lipinski definition) is 3. The molecule has 0 aliphatic heterocycles. The van der Waals surface area contributed by atoms with Gasteiger partial charge in [-0.3, -0.25) is 4.79 Å². The lowest BCUT2D eigenvalue weighted by atomic mass is 9.78. The summed E-state index contributed by atoms with van der Waals surface area (Å²) in [7, 11) is -3.83. The van der Waals surface area contributed by atoms with E-state index in [9.17, 15) is 18.3 Å². The maximum atomic E-state index is 12.5. The maximum Gasteiger partial charge on any atom is 0.324 e. The predicted octanol–water partition coefficient (Wildman–Crippen LogP) is 1.90. The van der Waals surface area contributed by atoms with Crippen molar-refractivity contribution in [2.24, 2.45) is 0 Å². The van der Waals surface area contributed by atoms with Gasteiger partial charge in [0.05, 0.1) is 4.90 Å². The van der Waals surface area contributed by atoms with E-state index >= 15 is 0 Å². The molecule has 0 saturated heterocycles. The Balaban J connectivity index is 2.44. The fourth-order valence-corrected chi connectivity index (χ4v) is 4.66. The Labute approximate surface area is 119 Å². The number of aryl methyl sites for hydroxylation is 3. The van der Waals surface area contributed by atoms with Gasteiger partial charge in [-0.1, -0.05) is 17.7 Å². The molecule has 1 aliphatic rings. The summed E-state index contributed by atoms with van der Waals surface area (Å²) in [4.78, 5) is 11.5. The molecule has 1 fully saturated rings. The zero-order valence-electron chi connectivity index (χ0n) is 11.9. The minimum atomic E-state index is -3.83. The molecule has 0 spiro atoms. The van der Waals surface area contributed by atoms with Crippen molar-refractivity contribution in [3.63, 3.8) is 0 Å². The molecule has 0 atom stereocenters. The summed E-state index contributed by atoms with van der Waals surface area (Å²) < 4.78 is 27.4. The van der Waals surface area contributed by atoms with E-state index < -0.39 is 21.5 Å². The first-order chi connectivity index (χ1) is 9.18. The molecular weight excluding hydrogens is 278 g/mol. The summed E-state index contributed by atoms with van der Waals surface area (Å²) in [5.74, 6) is -1.10. The van der Waals surface area contributed by atoms with Gasteiger partial charge in [-0.15, -0.1) is 0 Å². The smallest absolute Gasteiger partial charge is 0.324 e. The molecule has 6 heteroatoms. The van der Waals surface area contributed by atoms with E-state index in [2.05, 4.69) is 4.72 Å². The summed E-state index contributed by atoms with van der Waals surface area (Å²) >= 11 is 0. The third kappa shape index (κ3) is 2.45. The highest BCUT2D eigenvalue weighted by molar-refractivity contribution is 7.89. The third-order valence-corrected chi connectivity index (χ3v) is 5.66. The van der Waals surface area contributed by atoms with Gasteiger partial charge < -0.3 is 5.11 Å². The lowest BCUT2D eigenvalue weighted by molar-refractivity contribution is -0.147. The number of sulfonamides is 1. The van der Waals surface area contributed by atoms with Crippen molar-refractivity contribution in [1.29, 1.82) is 0 Å². The van der Waals surface area contributed by atoms with Gasteiger partial charge in [-0.05, 0) is 51.2 Å². The van der Waals surface area contributed by atoms with Crippen LogP contribution in [0.4, 0.5) is 0 Å². The van der Waals surface area contributed by atoms with Crippen LogP contribution in [0.2, 0.25) is 0 Å². The number of nitrogens with one attached hydrogen (secondary N) is 1. The van der Waals surface area contributed by atoms with Crippen LogP contribution >= 0.6 is 0 Å². The Morgan fingerprint density at radius 1 is 1.20 bits per heavy atom. The van der Waals surface area contributed by atoms with Crippen molar-refractivity contribution < 1.29 is 18.3 Å². The monoisotopic (exact) mass is 297 g/mol. The molecule has 0 radical (unpaired) electrons. The van der Waals surface area contributed by atoms with Crippen LogP contribution in [0.1, 0.15) is 36.0 Å². The molecular formula is C14H19NO4S. The standard InChI is InChI=1S/C14H19NO4S/c1-9-7-10(2)12(11(3)8-9)20(18,19)15-14(13(16)17)5-4-6-14/h7-8,15H,4-6H2,1-3H3,(H,16,17). The Hall–Kier alpha value is -1.40. The third-order valence-electron chi connectivity index (χ3n) is 3.82. The molecule has 2 N–H and O–H groups in total. The highest BCUT2D eigenvalue weighted by Gasteiger charge is 2.47. The Morgan fingerprint density at radius 2 is 1.70 bits per heavy atom. The minimum Gasteiger partial charge on any atom is -0.480 e. The summed E-state index contributed by atoms with van der Waals surface area (Å²) in [6.07, 6.45) is 1.40. The molecule has 0 amide bonds.